The van der Waals surface area contributed by atoms with Crippen LogP contribution in [0.25, 0.3) is 17.7 Å². The molecule has 0 heterocycles. The Hall–Kier alpha value is -3.38. The normalized spacial score (nSPS) is 16.8. The number of carbonyl (C=O) groups is 2. The van der Waals surface area contributed by atoms with E-state index in [2.05, 4.69) is 5.32 Å². The van der Waals surface area contributed by atoms with Crippen molar-refractivity contribution in [1.29, 1.82) is 0 Å². The summed E-state index contributed by atoms with van der Waals surface area (Å²) in [6, 6.07) is 15.5. The van der Waals surface area contributed by atoms with Gasteiger partial charge in [0.25, 0.3) is 11.8 Å². The summed E-state index contributed by atoms with van der Waals surface area (Å²) in [4.78, 5) is 24.1. The van der Waals surface area contributed by atoms with Crippen LogP contribution in [0.4, 0.5) is 0 Å². The highest BCUT2D eigenvalue weighted by molar-refractivity contribution is 6.24. The average molecular weight is 433 g/mol. The van der Waals surface area contributed by atoms with Gasteiger partial charge in [0.2, 0.25) is 0 Å². The molecule has 0 unspecified atom stereocenters. The van der Waals surface area contributed by atoms with Crippen molar-refractivity contribution in [2.24, 2.45) is 0 Å². The summed E-state index contributed by atoms with van der Waals surface area (Å²) in [6.45, 7) is 0. The zero-order valence-electron chi connectivity index (χ0n) is 17.9. The summed E-state index contributed by atoms with van der Waals surface area (Å²) >= 11 is 0. The van der Waals surface area contributed by atoms with Crippen LogP contribution in [-0.4, -0.2) is 29.2 Å². The number of hydrogen-bond acceptors (Lipinski definition) is 4. The number of nitrogens with one attached hydrogen (secondary N) is 2. The molecule has 32 heavy (non-hydrogen) atoms. The molecule has 6 heteroatoms. The van der Waals surface area contributed by atoms with Crippen molar-refractivity contribution in [2.45, 2.75) is 50.7 Å². The Morgan fingerprint density at radius 2 is 1.56 bits per heavy atom. The van der Waals surface area contributed by atoms with Gasteiger partial charge in [0, 0.05) is 17.7 Å². The van der Waals surface area contributed by atoms with Crippen molar-refractivity contribution in [1.82, 2.24) is 10.8 Å². The van der Waals surface area contributed by atoms with E-state index in [-0.39, 0.29) is 11.9 Å². The Morgan fingerprint density at radius 1 is 0.906 bits per heavy atom. The van der Waals surface area contributed by atoms with Gasteiger partial charge in [-0.2, -0.15) is 0 Å². The lowest BCUT2D eigenvalue weighted by atomic mass is 10.0. The van der Waals surface area contributed by atoms with Crippen LogP contribution in [0.5, 0.6) is 5.75 Å². The number of amides is 2. The van der Waals surface area contributed by atoms with Crippen molar-refractivity contribution in [3.63, 3.8) is 0 Å². The fraction of sp³-hybridized carbons (Fsp3) is 0.308. The molecule has 2 aromatic carbocycles. The minimum absolute atomic E-state index is 0.0828. The Kier molecular flexibility index (Phi) is 7.02. The highest BCUT2D eigenvalue weighted by atomic mass is 16.5. The molecule has 3 N–H and O–H groups in total. The van der Waals surface area contributed by atoms with Gasteiger partial charge in [0.05, 0.1) is 6.10 Å². The number of hydroxylamine groups is 1. The van der Waals surface area contributed by atoms with Gasteiger partial charge in [-0.3, -0.25) is 14.8 Å². The number of hydrogen-bond donors (Lipinski definition) is 3. The van der Waals surface area contributed by atoms with Gasteiger partial charge in [0.1, 0.15) is 5.75 Å². The second kappa shape index (κ2) is 10.3. The first kappa shape index (κ1) is 21.8. The second-order valence-corrected chi connectivity index (χ2v) is 8.33. The predicted molar refractivity (Wildman–Crippen MR) is 124 cm³/mol. The first-order valence-corrected chi connectivity index (χ1v) is 11.1. The molecule has 0 atom stereocenters. The molecule has 2 aliphatic rings. The molecule has 2 aromatic rings. The van der Waals surface area contributed by atoms with Gasteiger partial charge in [-0.05, 0) is 79.5 Å². The van der Waals surface area contributed by atoms with Crippen molar-refractivity contribution in [2.75, 3.05) is 0 Å². The third-order valence-corrected chi connectivity index (χ3v) is 5.71. The smallest absolute Gasteiger partial charge is 0.267 e. The lowest BCUT2D eigenvalue weighted by Crippen LogP contribution is -2.26. The first-order chi connectivity index (χ1) is 15.6. The molecule has 0 aromatic heterocycles. The standard InChI is InChI=1S/C26H28N2O4/c29-25(28-31)16-9-18-5-7-19(8-6-18)17-24(26(30)27-21-12-13-21)20-10-14-23(15-11-20)32-22-3-1-2-4-22/h5-11,14-17,21-22,31H,1-4,12-13H2,(H,27,30)(H,28,29)/b16-9+,24-17?. The quantitative estimate of drug-likeness (QED) is 0.251. The van der Waals surface area contributed by atoms with Gasteiger partial charge in [0.15, 0.2) is 0 Å². The third-order valence-electron chi connectivity index (χ3n) is 5.71. The topological polar surface area (TPSA) is 87.7 Å². The summed E-state index contributed by atoms with van der Waals surface area (Å²) in [6.07, 6.45) is 11.7. The van der Waals surface area contributed by atoms with Crippen LogP contribution >= 0.6 is 0 Å². The Balaban J connectivity index is 1.53. The summed E-state index contributed by atoms with van der Waals surface area (Å²) in [5.74, 6) is 0.166. The maximum atomic E-state index is 12.9. The van der Waals surface area contributed by atoms with E-state index in [4.69, 9.17) is 9.94 Å². The Bertz CT molecular complexity index is 999. The highest BCUT2D eigenvalue weighted by Gasteiger charge is 2.25. The molecular formula is C26H28N2O4. The SMILES string of the molecule is O=C(/C=C/c1ccc(C=C(C(=O)NC2CC2)c2ccc(OC3CCCC3)cc2)cc1)NO. The largest absolute Gasteiger partial charge is 0.490 e. The van der Waals surface area contributed by atoms with Gasteiger partial charge in [-0.25, -0.2) is 5.48 Å². The van der Waals surface area contributed by atoms with E-state index in [1.165, 1.54) is 18.9 Å². The van der Waals surface area contributed by atoms with Crippen molar-refractivity contribution in [3.8, 4) is 5.75 Å². The first-order valence-electron chi connectivity index (χ1n) is 11.1. The molecule has 0 radical (unpaired) electrons. The number of carbonyl (C=O) groups excluding carboxylic acids is 2. The molecule has 0 spiro atoms. The molecule has 2 amide bonds. The van der Waals surface area contributed by atoms with Crippen LogP contribution in [0.2, 0.25) is 0 Å². The van der Waals surface area contributed by atoms with E-state index >= 15 is 0 Å². The van der Waals surface area contributed by atoms with E-state index in [1.807, 2.05) is 54.6 Å². The molecule has 2 fully saturated rings. The zero-order valence-corrected chi connectivity index (χ0v) is 17.9. The fourth-order valence-electron chi connectivity index (χ4n) is 3.76. The zero-order chi connectivity index (χ0) is 22.3. The average Bonchev–Trinajstić information content (AvgIpc) is 3.48. The molecule has 166 valence electrons. The van der Waals surface area contributed by atoms with Gasteiger partial charge >= 0.3 is 0 Å². The van der Waals surface area contributed by atoms with Gasteiger partial charge < -0.3 is 10.1 Å². The molecule has 4 rings (SSSR count). The van der Waals surface area contributed by atoms with E-state index in [0.29, 0.717) is 11.7 Å². The van der Waals surface area contributed by atoms with Crippen LogP contribution in [0.15, 0.2) is 54.6 Å². The molecule has 0 bridgehead atoms. The summed E-state index contributed by atoms with van der Waals surface area (Å²) < 4.78 is 6.05. The maximum absolute atomic E-state index is 12.9. The Morgan fingerprint density at radius 3 is 2.19 bits per heavy atom. The Labute approximate surface area is 187 Å². The van der Waals surface area contributed by atoms with Crippen LogP contribution in [0.1, 0.15) is 55.2 Å². The summed E-state index contributed by atoms with van der Waals surface area (Å²) in [5, 5.41) is 11.6. The van der Waals surface area contributed by atoms with Crippen molar-refractivity contribution < 1.29 is 19.5 Å². The molecule has 0 saturated heterocycles. The maximum Gasteiger partial charge on any atom is 0.267 e. The third kappa shape index (κ3) is 6.08. The van der Waals surface area contributed by atoms with Crippen LogP contribution in [-0.2, 0) is 9.59 Å². The molecule has 2 aliphatic carbocycles. The predicted octanol–water partition coefficient (Wildman–Crippen LogP) is 4.35. The van der Waals surface area contributed by atoms with E-state index < -0.39 is 5.91 Å². The minimum atomic E-state index is -0.589. The highest BCUT2D eigenvalue weighted by Crippen LogP contribution is 2.27. The molecular weight excluding hydrogens is 404 g/mol. The number of benzene rings is 2. The van der Waals surface area contributed by atoms with E-state index in [0.717, 1.165) is 48.1 Å². The lowest BCUT2D eigenvalue weighted by molar-refractivity contribution is -0.124. The number of ether oxygens (including phenoxy) is 1. The molecule has 0 aliphatic heterocycles. The number of rotatable bonds is 8. The van der Waals surface area contributed by atoms with E-state index in [1.54, 1.807) is 11.6 Å². The van der Waals surface area contributed by atoms with Crippen molar-refractivity contribution >= 4 is 29.5 Å². The lowest BCUT2D eigenvalue weighted by Gasteiger charge is -2.14. The van der Waals surface area contributed by atoms with Crippen molar-refractivity contribution in [3.05, 3.63) is 71.3 Å². The summed E-state index contributed by atoms with van der Waals surface area (Å²) in [5.41, 5.74) is 4.69. The fourth-order valence-corrected chi connectivity index (χ4v) is 3.76. The minimum Gasteiger partial charge on any atom is -0.490 e. The van der Waals surface area contributed by atoms with Crippen LogP contribution in [0, 0.1) is 0 Å². The second-order valence-electron chi connectivity index (χ2n) is 8.33. The van der Waals surface area contributed by atoms with Gasteiger partial charge in [-0.15, -0.1) is 0 Å². The van der Waals surface area contributed by atoms with E-state index in [9.17, 15) is 9.59 Å². The van der Waals surface area contributed by atoms with Crippen LogP contribution in [0.3, 0.4) is 0 Å². The molecule has 2 saturated carbocycles. The summed E-state index contributed by atoms with van der Waals surface area (Å²) in [7, 11) is 0. The molecule has 6 nitrogen and oxygen atoms in total. The monoisotopic (exact) mass is 432 g/mol. The van der Waals surface area contributed by atoms with Crippen LogP contribution < -0.4 is 15.5 Å². The van der Waals surface area contributed by atoms with Gasteiger partial charge in [-0.1, -0.05) is 36.4 Å².